The summed E-state index contributed by atoms with van der Waals surface area (Å²) in [5, 5.41) is 0. The predicted octanol–water partition coefficient (Wildman–Crippen LogP) is 4.28. The number of rotatable bonds is 3. The summed E-state index contributed by atoms with van der Waals surface area (Å²) in [6, 6.07) is 4.46. The van der Waals surface area contributed by atoms with Crippen molar-refractivity contribution in [2.24, 2.45) is 0 Å². The molecule has 2 fully saturated rings. The minimum Gasteiger partial charge on any atom is -0.368 e. The molecule has 0 bridgehead atoms. The van der Waals surface area contributed by atoms with Crippen molar-refractivity contribution in [2.45, 2.75) is 45.3 Å². The summed E-state index contributed by atoms with van der Waals surface area (Å²) in [6.45, 7) is 8.03. The highest BCUT2D eigenvalue weighted by molar-refractivity contribution is 5.95. The van der Waals surface area contributed by atoms with E-state index in [-0.39, 0.29) is 29.6 Å². The van der Waals surface area contributed by atoms with Crippen molar-refractivity contribution < 1.29 is 18.0 Å². The van der Waals surface area contributed by atoms with Gasteiger partial charge in [-0.3, -0.25) is 9.69 Å². The van der Waals surface area contributed by atoms with Crippen LogP contribution in [-0.2, 0) is 6.18 Å². The van der Waals surface area contributed by atoms with Crippen molar-refractivity contribution in [1.29, 1.82) is 0 Å². The Morgan fingerprint density at radius 1 is 0.964 bits per heavy atom. The quantitative estimate of drug-likeness (QED) is 0.731. The summed E-state index contributed by atoms with van der Waals surface area (Å²) >= 11 is 0. The Balaban J connectivity index is 0.00000280. The predicted molar refractivity (Wildman–Crippen MR) is 107 cm³/mol. The molecule has 158 valence electrons. The molecule has 2 saturated heterocycles. The van der Waals surface area contributed by atoms with Gasteiger partial charge >= 0.3 is 6.18 Å². The van der Waals surface area contributed by atoms with Gasteiger partial charge in [-0.1, -0.05) is 0 Å². The zero-order chi connectivity index (χ0) is 19.6. The van der Waals surface area contributed by atoms with Crippen LogP contribution >= 0.6 is 12.4 Å². The number of piperazine rings is 1. The molecule has 1 amide bonds. The number of anilines is 1. The van der Waals surface area contributed by atoms with Gasteiger partial charge in [0.2, 0.25) is 0 Å². The molecule has 2 aliphatic rings. The first-order valence-corrected chi connectivity index (χ1v) is 9.77. The van der Waals surface area contributed by atoms with Crippen LogP contribution in [0.25, 0.3) is 0 Å². The molecule has 2 aliphatic heterocycles. The third-order valence-corrected chi connectivity index (χ3v) is 5.58. The SMILES string of the molecule is CC(C)N1CCN(c2ccc(C(=O)N3CCCCC3)cc2C(F)(F)F)CC1.Cl. The van der Waals surface area contributed by atoms with Crippen LogP contribution in [0, 0.1) is 0 Å². The maximum atomic E-state index is 13.7. The average Bonchev–Trinajstić information content (AvgIpc) is 2.67. The van der Waals surface area contributed by atoms with Crippen LogP contribution in [-0.4, -0.2) is 61.0 Å². The Hall–Kier alpha value is -1.47. The fraction of sp³-hybridized carbons (Fsp3) is 0.650. The second-order valence-electron chi connectivity index (χ2n) is 7.70. The summed E-state index contributed by atoms with van der Waals surface area (Å²) in [7, 11) is 0. The molecule has 0 aromatic heterocycles. The number of hydrogen-bond donors (Lipinski definition) is 0. The molecule has 1 aromatic rings. The van der Waals surface area contributed by atoms with E-state index in [2.05, 4.69) is 18.7 Å². The van der Waals surface area contributed by atoms with Gasteiger partial charge in [0.1, 0.15) is 0 Å². The first kappa shape index (κ1) is 22.8. The minimum absolute atomic E-state index is 0. The van der Waals surface area contributed by atoms with Crippen LogP contribution in [0.1, 0.15) is 49.0 Å². The Morgan fingerprint density at radius 3 is 2.11 bits per heavy atom. The number of benzene rings is 1. The van der Waals surface area contributed by atoms with Gasteiger partial charge in [0, 0.05) is 56.6 Å². The largest absolute Gasteiger partial charge is 0.418 e. The van der Waals surface area contributed by atoms with Crippen LogP contribution in [0.5, 0.6) is 0 Å². The van der Waals surface area contributed by atoms with E-state index in [1.165, 1.54) is 6.07 Å². The summed E-state index contributed by atoms with van der Waals surface area (Å²) in [5.41, 5.74) is -0.391. The van der Waals surface area contributed by atoms with E-state index < -0.39 is 11.7 Å². The standard InChI is InChI=1S/C20H28F3N3O.ClH/c1-15(2)24-10-12-25(13-11-24)18-7-6-16(14-17(18)20(21,22)23)19(27)26-8-4-3-5-9-26;/h6-7,14-15H,3-5,8-13H2,1-2H3;1H. The lowest BCUT2D eigenvalue weighted by atomic mass is 10.0. The van der Waals surface area contributed by atoms with Gasteiger partial charge in [-0.15, -0.1) is 12.4 Å². The van der Waals surface area contributed by atoms with Crippen molar-refractivity contribution >= 4 is 24.0 Å². The van der Waals surface area contributed by atoms with Crippen molar-refractivity contribution in [3.05, 3.63) is 29.3 Å². The van der Waals surface area contributed by atoms with Gasteiger partial charge in [-0.25, -0.2) is 0 Å². The van der Waals surface area contributed by atoms with Gasteiger partial charge in [0.05, 0.1) is 5.56 Å². The minimum atomic E-state index is -4.48. The van der Waals surface area contributed by atoms with Gasteiger partial charge in [0.15, 0.2) is 0 Å². The molecule has 8 heteroatoms. The molecule has 0 unspecified atom stereocenters. The number of piperidine rings is 1. The topological polar surface area (TPSA) is 26.8 Å². The number of carbonyl (C=O) groups excluding carboxylic acids is 1. The highest BCUT2D eigenvalue weighted by atomic mass is 35.5. The Bertz CT molecular complexity index is 667. The van der Waals surface area contributed by atoms with E-state index in [1.54, 1.807) is 15.9 Å². The Morgan fingerprint density at radius 2 is 1.57 bits per heavy atom. The van der Waals surface area contributed by atoms with E-state index in [4.69, 9.17) is 0 Å². The lowest BCUT2D eigenvalue weighted by molar-refractivity contribution is -0.137. The summed E-state index contributed by atoms with van der Waals surface area (Å²) in [4.78, 5) is 18.3. The molecule has 0 spiro atoms. The highest BCUT2D eigenvalue weighted by Crippen LogP contribution is 2.38. The van der Waals surface area contributed by atoms with E-state index in [0.29, 0.717) is 32.2 Å². The van der Waals surface area contributed by atoms with E-state index >= 15 is 0 Å². The Labute approximate surface area is 171 Å². The number of amides is 1. The van der Waals surface area contributed by atoms with Crippen LogP contribution < -0.4 is 4.90 Å². The fourth-order valence-corrected chi connectivity index (χ4v) is 3.93. The molecule has 0 radical (unpaired) electrons. The molecule has 1 aromatic carbocycles. The number of alkyl halides is 3. The molecular weight excluding hydrogens is 391 g/mol. The Kier molecular flexibility index (Phi) is 7.62. The molecule has 2 heterocycles. The third-order valence-electron chi connectivity index (χ3n) is 5.58. The average molecular weight is 420 g/mol. The number of likely N-dealkylation sites (tertiary alicyclic amines) is 1. The van der Waals surface area contributed by atoms with E-state index in [0.717, 1.165) is 38.4 Å². The molecule has 0 saturated carbocycles. The lowest BCUT2D eigenvalue weighted by Crippen LogP contribution is -2.49. The molecule has 0 atom stereocenters. The summed E-state index contributed by atoms with van der Waals surface area (Å²) in [5.74, 6) is -0.295. The molecular formula is C20H29ClF3N3O. The number of hydrogen-bond acceptors (Lipinski definition) is 3. The van der Waals surface area contributed by atoms with Crippen molar-refractivity contribution in [3.63, 3.8) is 0 Å². The zero-order valence-electron chi connectivity index (χ0n) is 16.5. The van der Waals surface area contributed by atoms with Gasteiger partial charge in [-0.2, -0.15) is 13.2 Å². The first-order valence-electron chi connectivity index (χ1n) is 9.77. The molecule has 0 N–H and O–H groups in total. The van der Waals surface area contributed by atoms with Crippen LogP contribution in [0.4, 0.5) is 18.9 Å². The van der Waals surface area contributed by atoms with Crippen LogP contribution in [0.15, 0.2) is 18.2 Å². The smallest absolute Gasteiger partial charge is 0.368 e. The second kappa shape index (κ2) is 9.35. The molecule has 0 aliphatic carbocycles. The zero-order valence-corrected chi connectivity index (χ0v) is 17.3. The van der Waals surface area contributed by atoms with Crippen molar-refractivity contribution in [3.8, 4) is 0 Å². The molecule has 4 nitrogen and oxygen atoms in total. The molecule has 28 heavy (non-hydrogen) atoms. The second-order valence-corrected chi connectivity index (χ2v) is 7.70. The van der Waals surface area contributed by atoms with E-state index in [9.17, 15) is 18.0 Å². The maximum absolute atomic E-state index is 13.7. The normalized spacial score (nSPS) is 18.9. The van der Waals surface area contributed by atoms with Gasteiger partial charge < -0.3 is 9.80 Å². The van der Waals surface area contributed by atoms with Gasteiger partial charge in [-0.05, 0) is 51.3 Å². The number of nitrogens with zero attached hydrogens (tertiary/aromatic N) is 3. The van der Waals surface area contributed by atoms with E-state index in [1.807, 2.05) is 0 Å². The summed E-state index contributed by atoms with van der Waals surface area (Å²) in [6.07, 6.45) is -1.59. The fourth-order valence-electron chi connectivity index (χ4n) is 3.93. The van der Waals surface area contributed by atoms with Crippen molar-refractivity contribution in [2.75, 3.05) is 44.2 Å². The highest BCUT2D eigenvalue weighted by Gasteiger charge is 2.36. The molecule has 3 rings (SSSR count). The summed E-state index contributed by atoms with van der Waals surface area (Å²) < 4.78 is 41.2. The van der Waals surface area contributed by atoms with Crippen molar-refractivity contribution in [1.82, 2.24) is 9.80 Å². The number of carbonyl (C=O) groups is 1. The number of halogens is 4. The maximum Gasteiger partial charge on any atom is 0.418 e. The first-order chi connectivity index (χ1) is 12.8. The monoisotopic (exact) mass is 419 g/mol. The van der Waals surface area contributed by atoms with Crippen LogP contribution in [0.2, 0.25) is 0 Å². The van der Waals surface area contributed by atoms with Crippen LogP contribution in [0.3, 0.4) is 0 Å². The third kappa shape index (κ3) is 5.11. The lowest BCUT2D eigenvalue weighted by Gasteiger charge is -2.39. The van der Waals surface area contributed by atoms with Gasteiger partial charge in [0.25, 0.3) is 5.91 Å².